The van der Waals surface area contributed by atoms with Gasteiger partial charge in [0.25, 0.3) is 0 Å². The van der Waals surface area contributed by atoms with Gasteiger partial charge in [-0.25, -0.2) is 0 Å². The molecule has 0 aromatic rings. The molecule has 4 heteroatoms. The van der Waals surface area contributed by atoms with Crippen LogP contribution in [0.25, 0.3) is 0 Å². The molecular weight excluding hydrogens is 254 g/mol. The van der Waals surface area contributed by atoms with Crippen LogP contribution in [0.3, 0.4) is 0 Å². The smallest absolute Gasteiger partial charge is 0.305 e. The zero-order chi connectivity index (χ0) is 14.8. The van der Waals surface area contributed by atoms with Gasteiger partial charge in [0, 0.05) is 6.42 Å². The molecular formula is C16H27NO3. The second kappa shape index (κ2) is 5.74. The van der Waals surface area contributed by atoms with E-state index in [1.807, 2.05) is 0 Å². The average Bonchev–Trinajstić information content (AvgIpc) is 2.28. The number of aliphatic carboxylic acids is 1. The van der Waals surface area contributed by atoms with Gasteiger partial charge in [-0.05, 0) is 56.3 Å². The lowest BCUT2D eigenvalue weighted by Gasteiger charge is -2.42. The van der Waals surface area contributed by atoms with Gasteiger partial charge in [-0.1, -0.05) is 13.8 Å². The molecule has 0 aliphatic heterocycles. The fourth-order valence-corrected chi connectivity index (χ4v) is 3.51. The molecule has 2 aliphatic carbocycles. The van der Waals surface area contributed by atoms with Crippen molar-refractivity contribution in [2.75, 3.05) is 0 Å². The first kappa shape index (κ1) is 15.3. The van der Waals surface area contributed by atoms with E-state index in [1.165, 1.54) is 12.8 Å². The van der Waals surface area contributed by atoms with Crippen LogP contribution in [0.2, 0.25) is 0 Å². The van der Waals surface area contributed by atoms with E-state index in [4.69, 9.17) is 5.11 Å². The summed E-state index contributed by atoms with van der Waals surface area (Å²) in [6.07, 6.45) is 7.87. The molecule has 0 bridgehead atoms. The number of carbonyl (C=O) groups is 2. The van der Waals surface area contributed by atoms with Gasteiger partial charge in [-0.3, -0.25) is 9.59 Å². The Hall–Kier alpha value is -1.06. The van der Waals surface area contributed by atoms with Crippen LogP contribution >= 0.6 is 0 Å². The van der Waals surface area contributed by atoms with Crippen molar-refractivity contribution in [3.8, 4) is 0 Å². The highest BCUT2D eigenvalue weighted by Gasteiger charge is 2.40. The van der Waals surface area contributed by atoms with Gasteiger partial charge in [0.1, 0.15) is 0 Å². The number of carboxylic acid groups (broad SMARTS) is 1. The zero-order valence-electron chi connectivity index (χ0n) is 12.7. The Kier molecular flexibility index (Phi) is 4.40. The monoisotopic (exact) mass is 281 g/mol. The van der Waals surface area contributed by atoms with Crippen LogP contribution in [0.4, 0.5) is 0 Å². The summed E-state index contributed by atoms with van der Waals surface area (Å²) in [7, 11) is 0. The molecule has 4 nitrogen and oxygen atoms in total. The van der Waals surface area contributed by atoms with Crippen LogP contribution in [0.1, 0.15) is 71.6 Å². The fourth-order valence-electron chi connectivity index (χ4n) is 3.51. The van der Waals surface area contributed by atoms with Crippen molar-refractivity contribution in [2.45, 2.75) is 77.2 Å². The van der Waals surface area contributed by atoms with Crippen LogP contribution in [-0.4, -0.2) is 22.5 Å². The Bertz CT molecular complexity index is 375. The van der Waals surface area contributed by atoms with Gasteiger partial charge in [-0.2, -0.15) is 0 Å². The van der Waals surface area contributed by atoms with E-state index >= 15 is 0 Å². The van der Waals surface area contributed by atoms with E-state index in [-0.39, 0.29) is 12.3 Å². The number of hydrogen-bond donors (Lipinski definition) is 2. The Morgan fingerprint density at radius 1 is 1.15 bits per heavy atom. The lowest BCUT2D eigenvalue weighted by atomic mass is 9.71. The molecule has 0 saturated heterocycles. The van der Waals surface area contributed by atoms with Crippen LogP contribution < -0.4 is 5.32 Å². The maximum Gasteiger partial charge on any atom is 0.305 e. The highest BCUT2D eigenvalue weighted by molar-refractivity contribution is 5.78. The van der Waals surface area contributed by atoms with Crippen LogP contribution in [0, 0.1) is 11.3 Å². The summed E-state index contributed by atoms with van der Waals surface area (Å²) in [5, 5.41) is 12.0. The van der Waals surface area contributed by atoms with Gasteiger partial charge in [-0.15, -0.1) is 0 Å². The number of carboxylic acids is 1. The Labute approximate surface area is 121 Å². The number of amides is 1. The molecule has 20 heavy (non-hydrogen) atoms. The van der Waals surface area contributed by atoms with Crippen molar-refractivity contribution in [3.05, 3.63) is 0 Å². The molecule has 0 spiro atoms. The van der Waals surface area contributed by atoms with Crippen LogP contribution in [-0.2, 0) is 9.59 Å². The van der Waals surface area contributed by atoms with Gasteiger partial charge in [0.05, 0.1) is 12.0 Å². The molecule has 0 radical (unpaired) electrons. The molecule has 2 fully saturated rings. The number of nitrogens with one attached hydrogen (secondary N) is 1. The minimum Gasteiger partial charge on any atom is -0.481 e. The van der Waals surface area contributed by atoms with Crippen LogP contribution in [0.15, 0.2) is 0 Å². The predicted molar refractivity (Wildman–Crippen MR) is 77.3 cm³/mol. The maximum atomic E-state index is 12.2. The maximum absolute atomic E-state index is 12.2. The minimum absolute atomic E-state index is 0.0515. The first-order valence-corrected chi connectivity index (χ1v) is 7.83. The molecule has 2 N–H and O–H groups in total. The summed E-state index contributed by atoms with van der Waals surface area (Å²) < 4.78 is 0. The summed E-state index contributed by atoms with van der Waals surface area (Å²) >= 11 is 0. The Morgan fingerprint density at radius 2 is 1.75 bits per heavy atom. The summed E-state index contributed by atoms with van der Waals surface area (Å²) in [6, 6.07) is 0. The van der Waals surface area contributed by atoms with E-state index in [0.29, 0.717) is 17.8 Å². The lowest BCUT2D eigenvalue weighted by Crippen LogP contribution is -2.55. The number of hydrogen-bond acceptors (Lipinski definition) is 2. The summed E-state index contributed by atoms with van der Waals surface area (Å²) in [4.78, 5) is 23.1. The van der Waals surface area contributed by atoms with E-state index in [9.17, 15) is 9.59 Å². The lowest BCUT2D eigenvalue weighted by molar-refractivity contribution is -0.140. The third-order valence-corrected chi connectivity index (χ3v) is 5.14. The normalized spacial score (nSPS) is 24.7. The molecule has 2 saturated carbocycles. The standard InChI is InChI=1S/C16H27NO3/c1-15(2)8-4-12(5-9-15)10-13(18)17-16(6-3-7-16)11-14(19)20/h12H,3-11H2,1-2H3,(H,17,18)(H,19,20). The average molecular weight is 281 g/mol. The van der Waals surface area contributed by atoms with Crippen molar-refractivity contribution in [3.63, 3.8) is 0 Å². The van der Waals surface area contributed by atoms with Crippen molar-refractivity contribution in [1.29, 1.82) is 0 Å². The Balaban J connectivity index is 1.79. The molecule has 0 aromatic carbocycles. The molecule has 114 valence electrons. The van der Waals surface area contributed by atoms with E-state index in [0.717, 1.165) is 32.1 Å². The van der Waals surface area contributed by atoms with Crippen molar-refractivity contribution in [2.24, 2.45) is 11.3 Å². The molecule has 0 unspecified atom stereocenters. The summed E-state index contributed by atoms with van der Waals surface area (Å²) in [5.41, 5.74) is -0.0255. The highest BCUT2D eigenvalue weighted by atomic mass is 16.4. The number of rotatable bonds is 5. The highest BCUT2D eigenvalue weighted by Crippen LogP contribution is 2.40. The third kappa shape index (κ3) is 3.97. The molecule has 0 heterocycles. The third-order valence-electron chi connectivity index (χ3n) is 5.14. The van der Waals surface area contributed by atoms with Gasteiger partial charge in [0.2, 0.25) is 5.91 Å². The topological polar surface area (TPSA) is 66.4 Å². The largest absolute Gasteiger partial charge is 0.481 e. The second-order valence-corrected chi connectivity index (χ2v) is 7.56. The van der Waals surface area contributed by atoms with E-state index in [1.54, 1.807) is 0 Å². The van der Waals surface area contributed by atoms with Crippen molar-refractivity contribution >= 4 is 11.9 Å². The second-order valence-electron chi connectivity index (χ2n) is 7.56. The Morgan fingerprint density at radius 3 is 2.20 bits per heavy atom. The van der Waals surface area contributed by atoms with Gasteiger partial charge < -0.3 is 10.4 Å². The molecule has 2 rings (SSSR count). The van der Waals surface area contributed by atoms with Gasteiger partial charge in [0.15, 0.2) is 0 Å². The zero-order valence-corrected chi connectivity index (χ0v) is 12.7. The van der Waals surface area contributed by atoms with Gasteiger partial charge >= 0.3 is 5.97 Å². The molecule has 1 amide bonds. The molecule has 2 aliphatic rings. The molecule has 0 aromatic heterocycles. The van der Waals surface area contributed by atoms with Crippen molar-refractivity contribution < 1.29 is 14.7 Å². The van der Waals surface area contributed by atoms with Crippen molar-refractivity contribution in [1.82, 2.24) is 5.32 Å². The minimum atomic E-state index is -0.815. The first-order valence-electron chi connectivity index (χ1n) is 7.83. The number of carbonyl (C=O) groups excluding carboxylic acids is 1. The molecule has 0 atom stereocenters. The first-order chi connectivity index (χ1) is 9.30. The summed E-state index contributed by atoms with van der Waals surface area (Å²) in [5.74, 6) is -0.287. The van der Waals surface area contributed by atoms with E-state index in [2.05, 4.69) is 19.2 Å². The van der Waals surface area contributed by atoms with Crippen LogP contribution in [0.5, 0.6) is 0 Å². The quantitative estimate of drug-likeness (QED) is 0.813. The SMILES string of the molecule is CC1(C)CCC(CC(=O)NC2(CC(=O)O)CCC2)CC1. The fraction of sp³-hybridized carbons (Fsp3) is 0.875. The summed E-state index contributed by atoms with van der Waals surface area (Å²) in [6.45, 7) is 4.58. The van der Waals surface area contributed by atoms with E-state index < -0.39 is 11.5 Å². The predicted octanol–water partition coefficient (Wildman–Crippen LogP) is 3.11.